The predicted octanol–water partition coefficient (Wildman–Crippen LogP) is 0.717. The molecule has 3 heteroatoms. The second-order valence-electron chi connectivity index (χ2n) is 3.10. The van der Waals surface area contributed by atoms with E-state index in [0.717, 1.165) is 5.11 Å². The summed E-state index contributed by atoms with van der Waals surface area (Å²) >= 11 is 5.02. The normalized spacial score (nSPS) is 39.7. The third-order valence-electron chi connectivity index (χ3n) is 2.17. The first-order valence-corrected chi connectivity index (χ1v) is 4.06. The summed E-state index contributed by atoms with van der Waals surface area (Å²) in [6.45, 7) is 2.13. The average Bonchev–Trinajstić information content (AvgIpc) is 2.22. The van der Waals surface area contributed by atoms with E-state index in [1.807, 2.05) is 12.2 Å². The molecule has 2 nitrogen and oxygen atoms in total. The van der Waals surface area contributed by atoms with Gasteiger partial charge in [0.25, 0.3) is 0 Å². The molecule has 0 saturated carbocycles. The van der Waals surface area contributed by atoms with E-state index in [9.17, 15) is 0 Å². The highest BCUT2D eigenvalue weighted by molar-refractivity contribution is 7.80. The Hall–Kier alpha value is -0.830. The molecule has 58 valence electrons. The maximum absolute atomic E-state index is 5.02. The topological polar surface area (TPSA) is 24.1 Å². The van der Waals surface area contributed by atoms with Crippen molar-refractivity contribution in [2.24, 2.45) is 0 Å². The van der Waals surface area contributed by atoms with Gasteiger partial charge >= 0.3 is 0 Å². The first kappa shape index (κ1) is 6.85. The van der Waals surface area contributed by atoms with Crippen molar-refractivity contribution in [2.75, 3.05) is 0 Å². The molecule has 1 heterocycles. The molecule has 0 spiro atoms. The van der Waals surface area contributed by atoms with Gasteiger partial charge in [-0.1, -0.05) is 24.3 Å². The third-order valence-corrected chi connectivity index (χ3v) is 2.39. The molecule has 0 aromatic rings. The molecule has 1 fully saturated rings. The molecule has 2 N–H and O–H groups in total. The van der Waals surface area contributed by atoms with E-state index in [-0.39, 0.29) is 5.54 Å². The third kappa shape index (κ3) is 0.959. The maximum Gasteiger partial charge on any atom is 0.167 e. The molecule has 11 heavy (non-hydrogen) atoms. The number of allylic oxidation sites excluding steroid dienone is 2. The Kier molecular flexibility index (Phi) is 1.29. The fourth-order valence-corrected chi connectivity index (χ4v) is 1.82. The molecule has 0 bridgehead atoms. The number of hydrogen-bond acceptors (Lipinski definition) is 1. The predicted molar refractivity (Wildman–Crippen MR) is 49.3 cm³/mol. The van der Waals surface area contributed by atoms with Crippen LogP contribution in [0.1, 0.15) is 6.92 Å². The lowest BCUT2D eigenvalue weighted by atomic mass is 9.90. The van der Waals surface area contributed by atoms with Gasteiger partial charge in [0.15, 0.2) is 5.11 Å². The summed E-state index contributed by atoms with van der Waals surface area (Å²) in [4.78, 5) is 0. The van der Waals surface area contributed by atoms with Crippen LogP contribution in [0.4, 0.5) is 0 Å². The van der Waals surface area contributed by atoms with Crippen LogP contribution in [0.2, 0.25) is 0 Å². The lowest BCUT2D eigenvalue weighted by molar-refractivity contribution is 0.494. The van der Waals surface area contributed by atoms with Crippen LogP contribution in [-0.2, 0) is 0 Å². The van der Waals surface area contributed by atoms with Crippen molar-refractivity contribution in [2.45, 2.75) is 18.5 Å². The summed E-state index contributed by atoms with van der Waals surface area (Å²) in [5, 5.41) is 7.14. The number of thiocarbonyl (C=S) groups is 1. The van der Waals surface area contributed by atoms with Gasteiger partial charge in [-0.2, -0.15) is 0 Å². The highest BCUT2D eigenvalue weighted by atomic mass is 32.1. The molecular weight excluding hydrogens is 156 g/mol. The van der Waals surface area contributed by atoms with Crippen molar-refractivity contribution in [3.05, 3.63) is 24.3 Å². The summed E-state index contributed by atoms with van der Waals surface area (Å²) in [7, 11) is 0. The Bertz CT molecular complexity index is 257. The van der Waals surface area contributed by atoms with Crippen LogP contribution < -0.4 is 10.6 Å². The number of hydrogen-bond donors (Lipinski definition) is 2. The van der Waals surface area contributed by atoms with Crippen LogP contribution in [0.5, 0.6) is 0 Å². The Morgan fingerprint density at radius 2 is 2.36 bits per heavy atom. The minimum Gasteiger partial charge on any atom is -0.354 e. The average molecular weight is 166 g/mol. The largest absolute Gasteiger partial charge is 0.354 e. The van der Waals surface area contributed by atoms with Gasteiger partial charge in [0.1, 0.15) is 0 Å². The van der Waals surface area contributed by atoms with Crippen LogP contribution in [0.15, 0.2) is 24.3 Å². The van der Waals surface area contributed by atoms with Gasteiger partial charge in [-0.05, 0) is 19.1 Å². The van der Waals surface area contributed by atoms with E-state index in [0.29, 0.717) is 6.04 Å². The van der Waals surface area contributed by atoms with E-state index >= 15 is 0 Å². The van der Waals surface area contributed by atoms with Crippen LogP contribution in [0, 0.1) is 0 Å². The highest BCUT2D eigenvalue weighted by Crippen LogP contribution is 2.21. The van der Waals surface area contributed by atoms with Crippen LogP contribution in [0.25, 0.3) is 0 Å². The smallest absolute Gasteiger partial charge is 0.167 e. The Labute approximate surface area is 71.4 Å². The summed E-state index contributed by atoms with van der Waals surface area (Å²) in [5.74, 6) is 0. The molecule has 1 saturated heterocycles. The zero-order valence-electron chi connectivity index (χ0n) is 6.29. The zero-order valence-corrected chi connectivity index (χ0v) is 7.11. The minimum absolute atomic E-state index is 0.00810. The van der Waals surface area contributed by atoms with Crippen molar-refractivity contribution < 1.29 is 0 Å². The van der Waals surface area contributed by atoms with E-state index in [2.05, 4.69) is 29.7 Å². The molecule has 2 aliphatic rings. The Morgan fingerprint density at radius 1 is 1.55 bits per heavy atom. The zero-order chi connectivity index (χ0) is 7.90. The summed E-state index contributed by atoms with van der Waals surface area (Å²) < 4.78 is 0. The van der Waals surface area contributed by atoms with Crippen LogP contribution in [-0.4, -0.2) is 16.7 Å². The minimum atomic E-state index is -0.00810. The second-order valence-corrected chi connectivity index (χ2v) is 3.51. The molecule has 0 aromatic carbocycles. The van der Waals surface area contributed by atoms with Crippen LogP contribution in [0.3, 0.4) is 0 Å². The van der Waals surface area contributed by atoms with Gasteiger partial charge in [-0.3, -0.25) is 0 Å². The van der Waals surface area contributed by atoms with Gasteiger partial charge in [-0.15, -0.1) is 0 Å². The van der Waals surface area contributed by atoms with Gasteiger partial charge in [0.05, 0.1) is 11.6 Å². The summed E-state index contributed by atoms with van der Waals surface area (Å²) in [5.41, 5.74) is -0.00810. The second kappa shape index (κ2) is 2.08. The van der Waals surface area contributed by atoms with Gasteiger partial charge in [0, 0.05) is 0 Å². The lowest BCUT2D eigenvalue weighted by Crippen LogP contribution is -2.44. The standard InChI is InChI=1S/C8H10N2S/c1-8-5-3-2-4-6(8)9-7(11)10-8/h2-6H,1H3,(H2,9,10,11). The first-order valence-electron chi connectivity index (χ1n) is 3.65. The van der Waals surface area contributed by atoms with E-state index in [1.165, 1.54) is 0 Å². The van der Waals surface area contributed by atoms with E-state index < -0.39 is 0 Å². The molecule has 1 aliphatic heterocycles. The molecule has 2 rings (SSSR count). The van der Waals surface area contributed by atoms with Gasteiger partial charge in [0.2, 0.25) is 0 Å². The molecule has 2 atom stereocenters. The number of nitrogens with one attached hydrogen (secondary N) is 2. The van der Waals surface area contributed by atoms with Gasteiger partial charge in [-0.25, -0.2) is 0 Å². The Balaban J connectivity index is 2.34. The Morgan fingerprint density at radius 3 is 3.09 bits per heavy atom. The lowest BCUT2D eigenvalue weighted by Gasteiger charge is -2.26. The maximum atomic E-state index is 5.02. The molecule has 0 aromatic heterocycles. The van der Waals surface area contributed by atoms with Crippen molar-refractivity contribution >= 4 is 17.3 Å². The van der Waals surface area contributed by atoms with Crippen molar-refractivity contribution in [3.63, 3.8) is 0 Å². The van der Waals surface area contributed by atoms with E-state index in [1.54, 1.807) is 0 Å². The quantitative estimate of drug-likeness (QED) is 0.518. The molecular formula is C8H10N2S. The van der Waals surface area contributed by atoms with Crippen molar-refractivity contribution in [1.29, 1.82) is 0 Å². The van der Waals surface area contributed by atoms with Crippen molar-refractivity contribution in [3.8, 4) is 0 Å². The van der Waals surface area contributed by atoms with Crippen LogP contribution >= 0.6 is 12.2 Å². The number of fused-ring (bicyclic) bond motifs is 1. The molecule has 1 aliphatic carbocycles. The number of rotatable bonds is 0. The molecule has 0 amide bonds. The van der Waals surface area contributed by atoms with Gasteiger partial charge < -0.3 is 10.6 Å². The first-order chi connectivity index (χ1) is 5.21. The molecule has 2 unspecified atom stereocenters. The van der Waals surface area contributed by atoms with Crippen molar-refractivity contribution in [1.82, 2.24) is 10.6 Å². The highest BCUT2D eigenvalue weighted by Gasteiger charge is 2.37. The van der Waals surface area contributed by atoms with E-state index in [4.69, 9.17) is 12.2 Å². The summed E-state index contributed by atoms with van der Waals surface area (Å²) in [6.07, 6.45) is 8.32. The fraction of sp³-hybridized carbons (Fsp3) is 0.375. The fourth-order valence-electron chi connectivity index (χ4n) is 1.47. The molecule has 0 radical (unpaired) electrons. The summed E-state index contributed by atoms with van der Waals surface area (Å²) in [6, 6.07) is 0.319. The SMILES string of the molecule is CC12C=CC=CC1NC(=S)N2. The monoisotopic (exact) mass is 166 g/mol.